The smallest absolute Gasteiger partial charge is 0.403 e. The molecule has 1 aromatic carbocycles. The van der Waals surface area contributed by atoms with Gasteiger partial charge in [0.15, 0.2) is 5.96 Å². The lowest BCUT2D eigenvalue weighted by Gasteiger charge is -2.39. The van der Waals surface area contributed by atoms with Crippen molar-refractivity contribution in [2.75, 3.05) is 46.9 Å². The van der Waals surface area contributed by atoms with Crippen LogP contribution in [-0.4, -0.2) is 80.9 Å². The van der Waals surface area contributed by atoms with Crippen molar-refractivity contribution in [2.45, 2.75) is 32.6 Å². The van der Waals surface area contributed by atoms with E-state index in [0.29, 0.717) is 56.5 Å². The van der Waals surface area contributed by atoms with E-state index in [9.17, 15) is 18.0 Å². The highest BCUT2D eigenvalue weighted by Crippen LogP contribution is 2.25. The normalized spacial score (nSPS) is 16.9. The van der Waals surface area contributed by atoms with Crippen molar-refractivity contribution in [3.8, 4) is 5.75 Å². The van der Waals surface area contributed by atoms with Crippen LogP contribution in [0.3, 0.4) is 0 Å². The molecule has 1 N–H and O–H groups in total. The second kappa shape index (κ2) is 10.5. The van der Waals surface area contributed by atoms with E-state index < -0.39 is 18.2 Å². The van der Waals surface area contributed by atoms with Gasteiger partial charge in [0.2, 0.25) is 0 Å². The van der Waals surface area contributed by atoms with Gasteiger partial charge in [-0.3, -0.25) is 4.90 Å². The van der Waals surface area contributed by atoms with E-state index in [1.807, 2.05) is 11.8 Å². The zero-order valence-corrected chi connectivity index (χ0v) is 17.8. The summed E-state index contributed by atoms with van der Waals surface area (Å²) in [7, 11) is 2.78. The van der Waals surface area contributed by atoms with Crippen molar-refractivity contribution in [2.24, 2.45) is 4.99 Å². The molecule has 30 heavy (non-hydrogen) atoms. The van der Waals surface area contributed by atoms with Gasteiger partial charge in [-0.1, -0.05) is 6.07 Å². The maximum atomic E-state index is 13.0. The Kier molecular flexibility index (Phi) is 8.33. The van der Waals surface area contributed by atoms with E-state index >= 15 is 0 Å². The van der Waals surface area contributed by atoms with Crippen LogP contribution in [0.2, 0.25) is 0 Å². The van der Waals surface area contributed by atoms with Crippen molar-refractivity contribution >= 4 is 11.9 Å². The number of halogens is 3. The third-order valence-corrected chi connectivity index (χ3v) is 5.05. The Hall–Kier alpha value is -2.49. The van der Waals surface area contributed by atoms with Crippen molar-refractivity contribution < 1.29 is 27.4 Å². The molecule has 0 radical (unpaired) electrons. The minimum atomic E-state index is -4.23. The van der Waals surface area contributed by atoms with E-state index in [0.717, 1.165) is 5.56 Å². The second-order valence-electron chi connectivity index (χ2n) is 6.94. The van der Waals surface area contributed by atoms with E-state index in [1.54, 1.807) is 18.2 Å². The molecule has 0 saturated carbocycles. The van der Waals surface area contributed by atoms with Gasteiger partial charge in [0, 0.05) is 32.7 Å². The monoisotopic (exact) mass is 430 g/mol. The molecular weight excluding hydrogens is 401 g/mol. The number of methoxy groups -OCH3 is 2. The number of alkyl halides is 3. The van der Waals surface area contributed by atoms with Gasteiger partial charge in [-0.2, -0.15) is 13.2 Å². The molecule has 1 aromatic rings. The Morgan fingerprint density at radius 1 is 1.23 bits per heavy atom. The molecule has 1 fully saturated rings. The summed E-state index contributed by atoms with van der Waals surface area (Å²) < 4.78 is 48.9. The van der Waals surface area contributed by atoms with Crippen molar-refractivity contribution in [1.82, 2.24) is 15.1 Å². The van der Waals surface area contributed by atoms with Crippen LogP contribution in [0.25, 0.3) is 0 Å². The minimum absolute atomic E-state index is 0.312. The predicted octanol–water partition coefficient (Wildman–Crippen LogP) is 2.52. The number of aliphatic imine (C=N–C) groups is 1. The Morgan fingerprint density at radius 2 is 1.90 bits per heavy atom. The number of esters is 1. The van der Waals surface area contributed by atoms with Gasteiger partial charge in [0.25, 0.3) is 0 Å². The fourth-order valence-electron chi connectivity index (χ4n) is 3.23. The van der Waals surface area contributed by atoms with Gasteiger partial charge in [0.05, 0.1) is 20.8 Å². The van der Waals surface area contributed by atoms with Gasteiger partial charge in [-0.05, 0) is 31.5 Å². The summed E-state index contributed by atoms with van der Waals surface area (Å²) in [5.41, 5.74) is 1.16. The number of ether oxygens (including phenoxy) is 2. The first kappa shape index (κ1) is 23.8. The molecule has 0 amide bonds. The molecule has 10 heteroatoms. The molecule has 0 spiro atoms. The molecule has 0 bridgehead atoms. The number of guanidine groups is 1. The number of nitrogens with one attached hydrogen (secondary N) is 1. The zero-order chi connectivity index (χ0) is 22.3. The number of hydrogen-bond acceptors (Lipinski definition) is 5. The fraction of sp³-hybridized carbons (Fsp3) is 0.600. The van der Waals surface area contributed by atoms with Crippen LogP contribution in [0.15, 0.2) is 23.2 Å². The van der Waals surface area contributed by atoms with Crippen molar-refractivity contribution in [3.63, 3.8) is 0 Å². The van der Waals surface area contributed by atoms with Gasteiger partial charge in [0.1, 0.15) is 17.4 Å². The maximum Gasteiger partial charge on any atom is 0.403 e. The van der Waals surface area contributed by atoms with Crippen LogP contribution in [0.4, 0.5) is 13.2 Å². The van der Waals surface area contributed by atoms with Crippen LogP contribution >= 0.6 is 0 Å². The number of piperazine rings is 1. The molecule has 0 aromatic heterocycles. The standard InChI is InChI=1S/C20H29F3N4O3/c1-5-24-19(27-10-8-26(9-11-27)14(2)20(21,22)23)25-13-15-6-7-16(18(28)30-4)17(12-15)29-3/h6-7,12,14H,5,8-11,13H2,1-4H3,(H,24,25). The summed E-state index contributed by atoms with van der Waals surface area (Å²) in [6, 6.07) is 3.66. The number of nitrogens with zero attached hydrogens (tertiary/aromatic N) is 3. The summed E-state index contributed by atoms with van der Waals surface area (Å²) in [5.74, 6) is 0.559. The SMILES string of the molecule is CCNC(=NCc1ccc(C(=O)OC)c(OC)c1)N1CCN(C(C)C(F)(F)F)CC1. The number of rotatable bonds is 6. The van der Waals surface area contributed by atoms with Crippen molar-refractivity contribution in [1.29, 1.82) is 0 Å². The Bertz CT molecular complexity index is 747. The Balaban J connectivity index is 2.07. The molecule has 168 valence electrons. The summed E-state index contributed by atoms with van der Waals surface area (Å²) in [6.07, 6.45) is -4.23. The maximum absolute atomic E-state index is 13.0. The van der Waals surface area contributed by atoms with Crippen LogP contribution < -0.4 is 10.1 Å². The summed E-state index contributed by atoms with van der Waals surface area (Å²) >= 11 is 0. The first-order chi connectivity index (χ1) is 14.2. The number of carbonyl (C=O) groups excluding carboxylic acids is 1. The summed E-state index contributed by atoms with van der Waals surface area (Å²) in [6.45, 7) is 5.64. The molecule has 7 nitrogen and oxygen atoms in total. The quantitative estimate of drug-likeness (QED) is 0.425. The lowest BCUT2D eigenvalue weighted by atomic mass is 10.1. The van der Waals surface area contributed by atoms with Gasteiger partial charge in [-0.25, -0.2) is 9.79 Å². The van der Waals surface area contributed by atoms with Crippen LogP contribution in [-0.2, 0) is 11.3 Å². The second-order valence-corrected chi connectivity index (χ2v) is 6.94. The van der Waals surface area contributed by atoms with Crippen LogP contribution in [0, 0.1) is 0 Å². The molecule has 1 aliphatic rings. The lowest BCUT2D eigenvalue weighted by molar-refractivity contribution is -0.181. The van der Waals surface area contributed by atoms with E-state index in [2.05, 4.69) is 10.3 Å². The molecule has 1 heterocycles. The Morgan fingerprint density at radius 3 is 2.43 bits per heavy atom. The average molecular weight is 430 g/mol. The molecular formula is C20H29F3N4O3. The summed E-state index contributed by atoms with van der Waals surface area (Å²) in [4.78, 5) is 19.8. The van der Waals surface area contributed by atoms with Gasteiger partial charge < -0.3 is 19.7 Å². The van der Waals surface area contributed by atoms with E-state index in [-0.39, 0.29) is 0 Å². The van der Waals surface area contributed by atoms with Gasteiger partial charge in [-0.15, -0.1) is 0 Å². The third kappa shape index (κ3) is 6.01. The predicted molar refractivity (Wildman–Crippen MR) is 108 cm³/mol. The first-order valence-electron chi connectivity index (χ1n) is 9.80. The minimum Gasteiger partial charge on any atom is -0.496 e. The Labute approximate surface area is 174 Å². The lowest BCUT2D eigenvalue weighted by Crippen LogP contribution is -2.56. The first-order valence-corrected chi connectivity index (χ1v) is 9.80. The molecule has 1 atom stereocenters. The van der Waals surface area contributed by atoms with Crippen molar-refractivity contribution in [3.05, 3.63) is 29.3 Å². The largest absolute Gasteiger partial charge is 0.496 e. The molecule has 1 aliphatic heterocycles. The average Bonchev–Trinajstić information content (AvgIpc) is 2.74. The highest BCUT2D eigenvalue weighted by atomic mass is 19.4. The third-order valence-electron chi connectivity index (χ3n) is 5.05. The van der Waals surface area contributed by atoms with Gasteiger partial charge >= 0.3 is 12.1 Å². The topological polar surface area (TPSA) is 66.4 Å². The molecule has 0 aliphatic carbocycles. The number of hydrogen-bond donors (Lipinski definition) is 1. The summed E-state index contributed by atoms with van der Waals surface area (Å²) in [5, 5.41) is 3.19. The number of benzene rings is 1. The van der Waals surface area contributed by atoms with Crippen LogP contribution in [0.1, 0.15) is 29.8 Å². The van der Waals surface area contributed by atoms with E-state index in [1.165, 1.54) is 26.0 Å². The highest BCUT2D eigenvalue weighted by molar-refractivity contribution is 5.92. The fourth-order valence-corrected chi connectivity index (χ4v) is 3.23. The molecule has 2 rings (SSSR count). The molecule has 1 unspecified atom stereocenters. The molecule has 1 saturated heterocycles. The van der Waals surface area contributed by atoms with E-state index in [4.69, 9.17) is 9.47 Å². The number of carbonyl (C=O) groups is 1. The zero-order valence-electron chi connectivity index (χ0n) is 17.8. The highest BCUT2D eigenvalue weighted by Gasteiger charge is 2.41. The van der Waals surface area contributed by atoms with Crippen LogP contribution in [0.5, 0.6) is 5.75 Å².